The predicted octanol–water partition coefficient (Wildman–Crippen LogP) is 2.94. The van der Waals surface area contributed by atoms with E-state index in [-0.39, 0.29) is 41.2 Å². The number of hydrogen-bond donors (Lipinski definition) is 1. The largest absolute Gasteiger partial charge is 0.508 e. The molecule has 0 spiro atoms. The molecule has 138 valence electrons. The van der Waals surface area contributed by atoms with Gasteiger partial charge in [0.1, 0.15) is 5.75 Å². The van der Waals surface area contributed by atoms with E-state index in [0.29, 0.717) is 12.2 Å². The van der Waals surface area contributed by atoms with Crippen molar-refractivity contribution in [3.05, 3.63) is 35.9 Å². The first kappa shape index (κ1) is 17.3. The van der Waals surface area contributed by atoms with Crippen molar-refractivity contribution in [1.82, 2.24) is 4.90 Å². The van der Waals surface area contributed by atoms with Crippen molar-refractivity contribution in [2.24, 2.45) is 23.7 Å². The quantitative estimate of drug-likeness (QED) is 0.652. The number of amides is 2. The molecule has 2 fully saturated rings. The fourth-order valence-electron chi connectivity index (χ4n) is 4.85. The fourth-order valence-corrected chi connectivity index (χ4v) is 4.85. The summed E-state index contributed by atoms with van der Waals surface area (Å²) in [4.78, 5) is 29.7. The summed E-state index contributed by atoms with van der Waals surface area (Å²) in [5.74, 6) is 0.0472. The molecule has 0 aromatic heterocycles. The van der Waals surface area contributed by atoms with Crippen molar-refractivity contribution in [3.63, 3.8) is 0 Å². The van der Waals surface area contributed by atoms with E-state index in [9.17, 15) is 14.7 Å². The Morgan fingerprint density at radius 2 is 1.62 bits per heavy atom. The van der Waals surface area contributed by atoms with Crippen LogP contribution in [0, 0.1) is 23.7 Å². The molecule has 2 amide bonds. The third-order valence-corrected chi connectivity index (χ3v) is 6.37. The number of carbonyl (C=O) groups excluding carboxylic acids is 2. The molecule has 4 atom stereocenters. The van der Waals surface area contributed by atoms with Gasteiger partial charge in [0.25, 0.3) is 0 Å². The Balaban J connectivity index is 1.66. The Kier molecular flexibility index (Phi) is 4.35. The average Bonchev–Trinajstić information content (AvgIpc) is 2.95. The number of benzene rings is 1. The van der Waals surface area contributed by atoms with Crippen LogP contribution in [-0.4, -0.2) is 34.9 Å². The third-order valence-electron chi connectivity index (χ3n) is 6.37. The van der Waals surface area contributed by atoms with Gasteiger partial charge in [-0.1, -0.05) is 26.0 Å². The van der Waals surface area contributed by atoms with Gasteiger partial charge < -0.3 is 5.11 Å². The van der Waals surface area contributed by atoms with Crippen molar-refractivity contribution in [2.75, 3.05) is 18.0 Å². The first-order chi connectivity index (χ1) is 12.5. The summed E-state index contributed by atoms with van der Waals surface area (Å²) in [5.41, 5.74) is 1.34. The van der Waals surface area contributed by atoms with E-state index < -0.39 is 0 Å². The molecule has 5 rings (SSSR count). The van der Waals surface area contributed by atoms with Crippen LogP contribution in [-0.2, 0) is 16.1 Å². The second-order valence-corrected chi connectivity index (χ2v) is 7.63. The topological polar surface area (TPSA) is 60.9 Å². The number of fused-ring (bicyclic) bond motifs is 1. The van der Waals surface area contributed by atoms with E-state index in [1.54, 1.807) is 18.2 Å². The summed E-state index contributed by atoms with van der Waals surface area (Å²) in [7, 11) is 0. The van der Waals surface area contributed by atoms with E-state index in [2.05, 4.69) is 30.9 Å². The first-order valence-electron chi connectivity index (χ1n) is 9.65. The van der Waals surface area contributed by atoms with Gasteiger partial charge in [-0.05, 0) is 56.0 Å². The van der Waals surface area contributed by atoms with Gasteiger partial charge in [-0.25, -0.2) is 0 Å². The summed E-state index contributed by atoms with van der Waals surface area (Å²) in [5, 5.41) is 10.2. The van der Waals surface area contributed by atoms with Crippen molar-refractivity contribution < 1.29 is 14.7 Å². The van der Waals surface area contributed by atoms with Crippen LogP contribution in [0.5, 0.6) is 5.75 Å². The van der Waals surface area contributed by atoms with Crippen LogP contribution in [0.1, 0.15) is 32.3 Å². The van der Waals surface area contributed by atoms with Gasteiger partial charge in [-0.3, -0.25) is 19.4 Å². The highest BCUT2D eigenvalue weighted by atomic mass is 16.3. The maximum absolute atomic E-state index is 13.1. The maximum atomic E-state index is 13.1. The minimum absolute atomic E-state index is 0.0708. The zero-order valence-corrected chi connectivity index (χ0v) is 15.4. The highest BCUT2D eigenvalue weighted by Crippen LogP contribution is 2.50. The molecule has 1 saturated carbocycles. The number of rotatable bonds is 5. The number of allylic oxidation sites excluding steroid dienone is 2. The van der Waals surface area contributed by atoms with Gasteiger partial charge in [-0.2, -0.15) is 0 Å². The van der Waals surface area contributed by atoms with Crippen molar-refractivity contribution in [2.45, 2.75) is 33.2 Å². The average molecular weight is 354 g/mol. The Bertz CT molecular complexity index is 737. The van der Waals surface area contributed by atoms with Crippen LogP contribution < -0.4 is 4.90 Å². The summed E-state index contributed by atoms with van der Waals surface area (Å²) < 4.78 is 0. The molecule has 26 heavy (non-hydrogen) atoms. The number of imide groups is 1. The zero-order valence-electron chi connectivity index (χ0n) is 15.4. The highest BCUT2D eigenvalue weighted by molar-refractivity contribution is 6.22. The number of nitrogens with zero attached hydrogens (tertiary/aromatic N) is 2. The summed E-state index contributed by atoms with van der Waals surface area (Å²) in [6.45, 7) is 6.50. The molecule has 0 radical (unpaired) electrons. The van der Waals surface area contributed by atoms with Gasteiger partial charge in [0.2, 0.25) is 11.8 Å². The predicted molar refractivity (Wildman–Crippen MR) is 99.6 cm³/mol. The van der Waals surface area contributed by atoms with Gasteiger partial charge in [0, 0.05) is 12.1 Å². The van der Waals surface area contributed by atoms with E-state index >= 15 is 0 Å². The van der Waals surface area contributed by atoms with Crippen molar-refractivity contribution >= 4 is 17.5 Å². The normalized spacial score (nSPS) is 29.7. The number of hydrogen-bond acceptors (Lipinski definition) is 4. The van der Waals surface area contributed by atoms with E-state index in [1.165, 1.54) is 4.90 Å². The van der Waals surface area contributed by atoms with Gasteiger partial charge >= 0.3 is 0 Å². The second kappa shape index (κ2) is 6.54. The number of anilines is 1. The van der Waals surface area contributed by atoms with Gasteiger partial charge in [0.15, 0.2) is 0 Å². The number of phenols is 1. The van der Waals surface area contributed by atoms with E-state index in [0.717, 1.165) is 31.5 Å². The Hall–Kier alpha value is -2.14. The summed E-state index contributed by atoms with van der Waals surface area (Å²) in [6.07, 6.45) is 6.26. The zero-order chi connectivity index (χ0) is 18.4. The highest BCUT2D eigenvalue weighted by Gasteiger charge is 2.56. The molecule has 1 N–H and O–H groups in total. The molecule has 1 aromatic carbocycles. The standard InChI is InChI=1S/C21H26N2O3/c1-3-22(4-2)12-15-11-16(9-10-17(15)24)23-20(25)18-13-5-6-14(8-7-13)19(18)21(23)26/h5-6,9-11,13-14,18-19,24H,3-4,7-8,12H2,1-2H3/t13-,14+,18-,19+. The number of aromatic hydroxyl groups is 1. The Morgan fingerprint density at radius 3 is 2.12 bits per heavy atom. The summed E-state index contributed by atoms with van der Waals surface area (Å²) >= 11 is 0. The molecule has 1 heterocycles. The SMILES string of the molecule is CCN(CC)Cc1cc(N2C(=O)[C@@H]3[C@H](C2=O)[C@@H]2C=C[C@H]3CC2)ccc1O. The van der Waals surface area contributed by atoms with Crippen LogP contribution in [0.4, 0.5) is 5.69 Å². The molecule has 2 bridgehead atoms. The Morgan fingerprint density at radius 1 is 1.04 bits per heavy atom. The van der Waals surface area contributed by atoms with Gasteiger partial charge in [-0.15, -0.1) is 0 Å². The minimum atomic E-state index is -0.203. The van der Waals surface area contributed by atoms with Crippen LogP contribution in [0.15, 0.2) is 30.4 Å². The second-order valence-electron chi connectivity index (χ2n) is 7.63. The third kappa shape index (κ3) is 2.57. The van der Waals surface area contributed by atoms with Crippen LogP contribution in [0.2, 0.25) is 0 Å². The molecular formula is C21H26N2O3. The molecule has 5 nitrogen and oxygen atoms in total. The molecular weight excluding hydrogens is 328 g/mol. The van der Waals surface area contributed by atoms with E-state index in [1.807, 2.05) is 0 Å². The fraction of sp³-hybridized carbons (Fsp3) is 0.524. The maximum Gasteiger partial charge on any atom is 0.238 e. The van der Waals surface area contributed by atoms with Gasteiger partial charge in [0.05, 0.1) is 17.5 Å². The number of carbonyl (C=O) groups is 2. The van der Waals surface area contributed by atoms with E-state index in [4.69, 9.17) is 0 Å². The lowest BCUT2D eigenvalue weighted by Crippen LogP contribution is -2.38. The van der Waals surface area contributed by atoms with Crippen LogP contribution >= 0.6 is 0 Å². The molecule has 0 unspecified atom stereocenters. The molecule has 1 aromatic rings. The monoisotopic (exact) mass is 354 g/mol. The molecule has 1 aliphatic heterocycles. The van der Waals surface area contributed by atoms with Crippen LogP contribution in [0.3, 0.4) is 0 Å². The lowest BCUT2D eigenvalue weighted by atomic mass is 9.63. The first-order valence-corrected chi connectivity index (χ1v) is 9.65. The lowest BCUT2D eigenvalue weighted by molar-refractivity contribution is -0.124. The van der Waals surface area contributed by atoms with Crippen molar-refractivity contribution in [1.29, 1.82) is 0 Å². The Labute approximate surface area is 154 Å². The molecule has 3 aliphatic carbocycles. The van der Waals surface area contributed by atoms with Crippen molar-refractivity contribution in [3.8, 4) is 5.75 Å². The lowest BCUT2D eigenvalue weighted by Gasteiger charge is -2.38. The molecule has 5 heteroatoms. The molecule has 4 aliphatic rings. The number of phenolic OH excluding ortho intramolecular Hbond substituents is 1. The molecule has 1 saturated heterocycles. The minimum Gasteiger partial charge on any atom is -0.508 e. The summed E-state index contributed by atoms with van der Waals surface area (Å²) in [6, 6.07) is 5.09. The van der Waals surface area contributed by atoms with Crippen LogP contribution in [0.25, 0.3) is 0 Å². The smallest absolute Gasteiger partial charge is 0.238 e.